The SMILES string of the molecule is CN=C(N)NC(=O)CCc1ccc(-c2cccc(CS(=O)(=O)N3CCCC3)c2)c(OCCCOC)c1. The maximum absolute atomic E-state index is 12.8. The Kier molecular flexibility index (Phi) is 10.3. The number of aryl methyl sites for hydroxylation is 1. The minimum atomic E-state index is -3.34. The monoisotopic (exact) mass is 516 g/mol. The van der Waals surface area contributed by atoms with Gasteiger partial charge in [0.25, 0.3) is 0 Å². The lowest BCUT2D eigenvalue weighted by molar-refractivity contribution is -0.119. The minimum Gasteiger partial charge on any atom is -0.493 e. The summed E-state index contributed by atoms with van der Waals surface area (Å²) in [6.45, 7) is 2.24. The van der Waals surface area contributed by atoms with Crippen LogP contribution in [0.4, 0.5) is 0 Å². The summed E-state index contributed by atoms with van der Waals surface area (Å²) in [4.78, 5) is 15.8. The largest absolute Gasteiger partial charge is 0.493 e. The second kappa shape index (κ2) is 13.4. The number of nitrogens with one attached hydrogen (secondary N) is 1. The number of guanidine groups is 1. The molecule has 196 valence electrons. The van der Waals surface area contributed by atoms with E-state index >= 15 is 0 Å². The molecular weight excluding hydrogens is 480 g/mol. The van der Waals surface area contributed by atoms with Gasteiger partial charge in [0.05, 0.1) is 12.4 Å². The Balaban J connectivity index is 1.80. The molecule has 0 unspecified atom stereocenters. The number of rotatable bonds is 12. The zero-order valence-electron chi connectivity index (χ0n) is 21.0. The molecule has 1 fully saturated rings. The lowest BCUT2D eigenvalue weighted by Gasteiger charge is -2.17. The highest BCUT2D eigenvalue weighted by molar-refractivity contribution is 7.88. The quantitative estimate of drug-likeness (QED) is 0.254. The van der Waals surface area contributed by atoms with Crippen molar-refractivity contribution in [2.45, 2.75) is 37.9 Å². The Bertz CT molecular complexity index is 1160. The van der Waals surface area contributed by atoms with E-state index in [-0.39, 0.29) is 24.0 Å². The molecule has 3 N–H and O–H groups in total. The maximum Gasteiger partial charge on any atom is 0.226 e. The summed E-state index contributed by atoms with van der Waals surface area (Å²) < 4.78 is 38.4. The molecule has 0 atom stereocenters. The standard InChI is InChI=1S/C26H36N4O5S/c1-28-26(27)29-25(31)12-10-20-9-11-23(24(18-20)35-16-6-15-34-2)22-8-5-7-21(17-22)19-36(32,33)30-13-3-4-14-30/h5,7-9,11,17-18H,3-4,6,10,12-16,19H2,1-2H3,(H3,27,28,29,31). The van der Waals surface area contributed by atoms with Gasteiger partial charge in [0.2, 0.25) is 15.9 Å². The first-order valence-electron chi connectivity index (χ1n) is 12.2. The molecule has 0 aliphatic carbocycles. The van der Waals surface area contributed by atoms with Crippen molar-refractivity contribution in [1.82, 2.24) is 9.62 Å². The second-order valence-corrected chi connectivity index (χ2v) is 10.7. The number of hydrogen-bond acceptors (Lipinski definition) is 6. The molecule has 1 saturated heterocycles. The van der Waals surface area contributed by atoms with Gasteiger partial charge >= 0.3 is 0 Å². The lowest BCUT2D eigenvalue weighted by Crippen LogP contribution is -2.36. The van der Waals surface area contributed by atoms with Gasteiger partial charge in [0, 0.05) is 52.3 Å². The van der Waals surface area contributed by atoms with E-state index in [4.69, 9.17) is 15.2 Å². The number of aliphatic imine (C=N–C) groups is 1. The Hall–Kier alpha value is -2.95. The zero-order chi connectivity index (χ0) is 26.0. The van der Waals surface area contributed by atoms with Gasteiger partial charge < -0.3 is 15.2 Å². The van der Waals surface area contributed by atoms with E-state index in [1.807, 2.05) is 42.5 Å². The maximum atomic E-state index is 12.8. The van der Waals surface area contributed by atoms with Crippen molar-refractivity contribution in [2.75, 3.05) is 40.5 Å². The van der Waals surface area contributed by atoms with E-state index in [0.717, 1.165) is 41.5 Å². The lowest BCUT2D eigenvalue weighted by atomic mass is 9.99. The third kappa shape index (κ3) is 8.04. The third-order valence-corrected chi connectivity index (χ3v) is 7.84. The number of ether oxygens (including phenoxy) is 2. The van der Waals surface area contributed by atoms with Crippen LogP contribution >= 0.6 is 0 Å². The molecule has 9 nitrogen and oxygen atoms in total. The third-order valence-electron chi connectivity index (χ3n) is 5.99. The minimum absolute atomic E-state index is 0.0255. The molecule has 36 heavy (non-hydrogen) atoms. The average molecular weight is 517 g/mol. The van der Waals surface area contributed by atoms with Crippen LogP contribution in [0.2, 0.25) is 0 Å². The molecule has 1 amide bonds. The van der Waals surface area contributed by atoms with Gasteiger partial charge in [-0.1, -0.05) is 30.3 Å². The van der Waals surface area contributed by atoms with E-state index in [1.165, 1.54) is 7.05 Å². The number of nitrogens with two attached hydrogens (primary N) is 1. The molecule has 0 bridgehead atoms. The normalized spacial score (nSPS) is 14.7. The van der Waals surface area contributed by atoms with Crippen molar-refractivity contribution in [3.05, 3.63) is 53.6 Å². The predicted molar refractivity (Wildman–Crippen MR) is 141 cm³/mol. The van der Waals surface area contributed by atoms with Crippen LogP contribution in [0.15, 0.2) is 47.5 Å². The molecule has 2 aromatic carbocycles. The number of methoxy groups -OCH3 is 1. The van der Waals surface area contributed by atoms with Crippen molar-refractivity contribution in [1.29, 1.82) is 0 Å². The number of nitrogens with zero attached hydrogens (tertiary/aromatic N) is 2. The van der Waals surface area contributed by atoms with E-state index in [9.17, 15) is 13.2 Å². The number of carbonyl (C=O) groups excluding carboxylic acids is 1. The van der Waals surface area contributed by atoms with Crippen LogP contribution < -0.4 is 15.8 Å². The fourth-order valence-corrected chi connectivity index (χ4v) is 5.68. The van der Waals surface area contributed by atoms with Gasteiger partial charge in [-0.2, -0.15) is 0 Å². The summed E-state index contributed by atoms with van der Waals surface area (Å²) >= 11 is 0. The summed E-state index contributed by atoms with van der Waals surface area (Å²) in [5.74, 6) is 0.529. The zero-order valence-corrected chi connectivity index (χ0v) is 21.9. The van der Waals surface area contributed by atoms with E-state index in [0.29, 0.717) is 38.5 Å². The fourth-order valence-electron chi connectivity index (χ4n) is 4.08. The van der Waals surface area contributed by atoms with Gasteiger partial charge in [-0.05, 0) is 48.1 Å². The molecule has 0 saturated carbocycles. The predicted octanol–water partition coefficient (Wildman–Crippen LogP) is 2.69. The van der Waals surface area contributed by atoms with Crippen molar-refractivity contribution < 1.29 is 22.7 Å². The Morgan fingerprint density at radius 2 is 1.89 bits per heavy atom. The average Bonchev–Trinajstić information content (AvgIpc) is 3.42. The molecule has 1 aliphatic heterocycles. The number of amides is 1. The molecule has 0 radical (unpaired) electrons. The molecule has 1 aliphatic rings. The highest BCUT2D eigenvalue weighted by Crippen LogP contribution is 2.33. The van der Waals surface area contributed by atoms with E-state index < -0.39 is 10.0 Å². The van der Waals surface area contributed by atoms with Gasteiger partial charge in [-0.25, -0.2) is 12.7 Å². The van der Waals surface area contributed by atoms with Crippen LogP contribution in [0.3, 0.4) is 0 Å². The molecular formula is C26H36N4O5S. The second-order valence-electron chi connectivity index (χ2n) is 8.75. The first-order chi connectivity index (χ1) is 17.3. The molecule has 3 rings (SSSR count). The van der Waals surface area contributed by atoms with E-state index in [2.05, 4.69) is 10.3 Å². The highest BCUT2D eigenvalue weighted by Gasteiger charge is 2.25. The number of hydrogen-bond donors (Lipinski definition) is 2. The summed E-state index contributed by atoms with van der Waals surface area (Å²) in [7, 11) is -0.183. The van der Waals surface area contributed by atoms with Crippen molar-refractivity contribution in [2.24, 2.45) is 10.7 Å². The van der Waals surface area contributed by atoms with Crippen LogP contribution in [0, 0.1) is 0 Å². The van der Waals surface area contributed by atoms with Gasteiger partial charge in [-0.15, -0.1) is 0 Å². The smallest absolute Gasteiger partial charge is 0.226 e. The van der Waals surface area contributed by atoms with E-state index in [1.54, 1.807) is 11.4 Å². The van der Waals surface area contributed by atoms with Crippen LogP contribution in [-0.4, -0.2) is 65.1 Å². The van der Waals surface area contributed by atoms with Gasteiger partial charge in [0.1, 0.15) is 5.75 Å². The van der Waals surface area contributed by atoms with Crippen molar-refractivity contribution >= 4 is 21.9 Å². The molecule has 2 aromatic rings. The molecule has 0 aromatic heterocycles. The number of benzene rings is 2. The van der Waals surface area contributed by atoms with Crippen molar-refractivity contribution in [3.8, 4) is 16.9 Å². The van der Waals surface area contributed by atoms with Crippen LogP contribution in [-0.2, 0) is 31.7 Å². The van der Waals surface area contributed by atoms with Crippen LogP contribution in [0.25, 0.3) is 11.1 Å². The summed E-state index contributed by atoms with van der Waals surface area (Å²) in [6, 6.07) is 13.4. The summed E-state index contributed by atoms with van der Waals surface area (Å²) in [6.07, 6.45) is 3.31. The number of carbonyl (C=O) groups is 1. The van der Waals surface area contributed by atoms with Crippen LogP contribution in [0.1, 0.15) is 36.8 Å². The van der Waals surface area contributed by atoms with Crippen molar-refractivity contribution in [3.63, 3.8) is 0 Å². The summed E-state index contributed by atoms with van der Waals surface area (Å²) in [5, 5.41) is 2.54. The fraction of sp³-hybridized carbons (Fsp3) is 0.462. The molecule has 1 heterocycles. The highest BCUT2D eigenvalue weighted by atomic mass is 32.2. The topological polar surface area (TPSA) is 123 Å². The number of sulfonamides is 1. The van der Waals surface area contributed by atoms with Crippen LogP contribution in [0.5, 0.6) is 5.75 Å². The Morgan fingerprint density at radius 3 is 2.61 bits per heavy atom. The van der Waals surface area contributed by atoms with Gasteiger partial charge in [0.15, 0.2) is 5.96 Å². The Morgan fingerprint density at radius 1 is 1.11 bits per heavy atom. The van der Waals surface area contributed by atoms with Gasteiger partial charge in [-0.3, -0.25) is 15.1 Å². The molecule has 10 heteroatoms. The summed E-state index contributed by atoms with van der Waals surface area (Å²) in [5.41, 5.74) is 8.98. The molecule has 0 spiro atoms. The first kappa shape index (κ1) is 27.6. The Labute approximate surface area is 213 Å². The first-order valence-corrected chi connectivity index (χ1v) is 13.8.